The molecule has 31 heavy (non-hydrogen) atoms. The first kappa shape index (κ1) is 20.5. The van der Waals surface area contributed by atoms with Crippen molar-refractivity contribution in [2.45, 2.75) is 6.92 Å². The first-order chi connectivity index (χ1) is 15.2. The number of hydrogen-bond donors (Lipinski definition) is 0. The molecule has 0 unspecified atom stereocenters. The van der Waals surface area contributed by atoms with Crippen LogP contribution in [-0.2, 0) is 0 Å². The monoisotopic (exact) mass is 416 g/mol. The van der Waals surface area contributed by atoms with Crippen LogP contribution in [0.5, 0.6) is 23.0 Å². The van der Waals surface area contributed by atoms with E-state index in [2.05, 4.69) is 16.0 Å². The molecule has 1 aromatic heterocycles. The third-order valence-corrected chi connectivity index (χ3v) is 5.09. The third kappa shape index (κ3) is 3.97. The topological polar surface area (TPSA) is 62.7 Å². The van der Waals surface area contributed by atoms with Crippen LogP contribution < -0.4 is 18.9 Å². The Morgan fingerprint density at radius 3 is 1.97 bits per heavy atom. The van der Waals surface area contributed by atoms with Crippen LogP contribution in [0.15, 0.2) is 60.9 Å². The van der Waals surface area contributed by atoms with Crippen LogP contribution in [0.1, 0.15) is 6.92 Å². The summed E-state index contributed by atoms with van der Waals surface area (Å²) in [5, 5.41) is 0.945. The van der Waals surface area contributed by atoms with Crippen LogP contribution in [0.3, 0.4) is 0 Å². The Kier molecular flexibility index (Phi) is 5.89. The normalized spacial score (nSPS) is 10.7. The zero-order valence-corrected chi connectivity index (χ0v) is 18.0. The van der Waals surface area contributed by atoms with Crippen molar-refractivity contribution in [3.63, 3.8) is 0 Å². The summed E-state index contributed by atoms with van der Waals surface area (Å²) < 4.78 is 22.0. The Labute approximate surface area is 181 Å². The minimum Gasteiger partial charge on any atom is -0.493 e. The summed E-state index contributed by atoms with van der Waals surface area (Å²) in [6.07, 6.45) is 1.58. The number of ether oxygens (including phenoxy) is 4. The van der Waals surface area contributed by atoms with Gasteiger partial charge in [-0.05, 0) is 60.5 Å². The summed E-state index contributed by atoms with van der Waals surface area (Å²) in [5.74, 6) is 2.75. The summed E-state index contributed by atoms with van der Waals surface area (Å²) >= 11 is 0. The highest BCUT2D eigenvalue weighted by Crippen LogP contribution is 2.37. The van der Waals surface area contributed by atoms with Crippen LogP contribution in [0.25, 0.3) is 33.3 Å². The molecule has 0 amide bonds. The lowest BCUT2D eigenvalue weighted by atomic mass is 10.00. The minimum atomic E-state index is 0.564. The molecule has 0 aliphatic rings. The molecular formula is C25H24N2O4. The van der Waals surface area contributed by atoms with Gasteiger partial charge in [0.25, 0.3) is 0 Å². The van der Waals surface area contributed by atoms with Crippen molar-refractivity contribution in [1.29, 1.82) is 0 Å². The molecule has 3 aromatic carbocycles. The molecule has 0 radical (unpaired) electrons. The van der Waals surface area contributed by atoms with E-state index >= 15 is 0 Å². The Bertz CT molecular complexity index is 1220. The molecule has 1 heterocycles. The second kappa shape index (κ2) is 8.92. The number of benzene rings is 3. The zero-order chi connectivity index (χ0) is 21.8. The SMILES string of the molecule is CCOc1cc(-c2ccc3ncnc(-c4ccc(OC)c(OC)c4)c3c2)ccc1OC. The van der Waals surface area contributed by atoms with Crippen molar-refractivity contribution in [2.24, 2.45) is 0 Å². The average molecular weight is 416 g/mol. The minimum absolute atomic E-state index is 0.564. The standard InChI is InChI=1S/C25H24N2O4/c1-5-31-24-13-17(7-10-22(24)29-3)16-6-9-20-19(12-16)25(27-15-26-20)18-8-11-21(28-2)23(14-18)30-4/h6-15H,5H2,1-4H3. The number of rotatable bonds is 7. The van der Waals surface area contributed by atoms with Gasteiger partial charge >= 0.3 is 0 Å². The Morgan fingerprint density at radius 2 is 1.26 bits per heavy atom. The number of nitrogens with zero attached hydrogens (tertiary/aromatic N) is 2. The predicted molar refractivity (Wildman–Crippen MR) is 121 cm³/mol. The third-order valence-electron chi connectivity index (χ3n) is 5.09. The van der Waals surface area contributed by atoms with E-state index in [0.29, 0.717) is 29.6 Å². The first-order valence-corrected chi connectivity index (χ1v) is 9.96. The summed E-state index contributed by atoms with van der Waals surface area (Å²) in [4.78, 5) is 9.01. The number of fused-ring (bicyclic) bond motifs is 1. The maximum atomic E-state index is 5.74. The molecule has 6 nitrogen and oxygen atoms in total. The lowest BCUT2D eigenvalue weighted by molar-refractivity contribution is 0.311. The molecule has 158 valence electrons. The summed E-state index contributed by atoms with van der Waals surface area (Å²) in [5.41, 5.74) is 4.67. The van der Waals surface area contributed by atoms with Gasteiger partial charge in [0.05, 0.1) is 39.1 Å². The molecule has 0 atom stereocenters. The Hall–Kier alpha value is -3.80. The summed E-state index contributed by atoms with van der Waals surface area (Å²) in [6, 6.07) is 17.8. The van der Waals surface area contributed by atoms with Crippen molar-refractivity contribution in [3.8, 4) is 45.4 Å². The van der Waals surface area contributed by atoms with Gasteiger partial charge < -0.3 is 18.9 Å². The maximum absolute atomic E-state index is 5.74. The van der Waals surface area contributed by atoms with Crippen molar-refractivity contribution >= 4 is 10.9 Å². The van der Waals surface area contributed by atoms with Crippen molar-refractivity contribution in [3.05, 3.63) is 60.9 Å². The van der Waals surface area contributed by atoms with Crippen molar-refractivity contribution in [2.75, 3.05) is 27.9 Å². The second-order valence-electron chi connectivity index (χ2n) is 6.82. The molecular weight excluding hydrogens is 392 g/mol. The molecule has 0 aliphatic heterocycles. The number of methoxy groups -OCH3 is 3. The molecule has 0 saturated carbocycles. The van der Waals surface area contributed by atoms with E-state index in [1.54, 1.807) is 27.7 Å². The van der Waals surface area contributed by atoms with Crippen LogP contribution >= 0.6 is 0 Å². The lowest BCUT2D eigenvalue weighted by Crippen LogP contribution is -1.96. The first-order valence-electron chi connectivity index (χ1n) is 9.96. The van der Waals surface area contributed by atoms with Gasteiger partial charge in [-0.3, -0.25) is 0 Å². The lowest BCUT2D eigenvalue weighted by Gasteiger charge is -2.13. The Morgan fingerprint density at radius 1 is 0.645 bits per heavy atom. The summed E-state index contributed by atoms with van der Waals surface area (Å²) in [6.45, 7) is 2.52. The van der Waals surface area contributed by atoms with Crippen LogP contribution in [0.2, 0.25) is 0 Å². The summed E-state index contributed by atoms with van der Waals surface area (Å²) in [7, 11) is 4.88. The second-order valence-corrected chi connectivity index (χ2v) is 6.82. The molecule has 0 saturated heterocycles. The fraction of sp³-hybridized carbons (Fsp3) is 0.200. The highest BCUT2D eigenvalue weighted by molar-refractivity contribution is 5.95. The molecule has 0 N–H and O–H groups in total. The van der Waals surface area contributed by atoms with Gasteiger partial charge in [-0.2, -0.15) is 0 Å². The van der Waals surface area contributed by atoms with Crippen molar-refractivity contribution in [1.82, 2.24) is 9.97 Å². The highest BCUT2D eigenvalue weighted by Gasteiger charge is 2.13. The number of hydrogen-bond acceptors (Lipinski definition) is 6. The van der Waals surface area contributed by atoms with Gasteiger partial charge in [-0.1, -0.05) is 12.1 Å². The quantitative estimate of drug-likeness (QED) is 0.403. The van der Waals surface area contributed by atoms with E-state index in [-0.39, 0.29) is 0 Å². The van der Waals surface area contributed by atoms with Crippen LogP contribution in [-0.4, -0.2) is 37.9 Å². The zero-order valence-electron chi connectivity index (χ0n) is 18.0. The Balaban J connectivity index is 1.84. The van der Waals surface area contributed by atoms with E-state index in [1.165, 1.54) is 0 Å². The smallest absolute Gasteiger partial charge is 0.161 e. The molecule has 4 rings (SSSR count). The van der Waals surface area contributed by atoms with E-state index in [1.807, 2.05) is 55.5 Å². The fourth-order valence-electron chi connectivity index (χ4n) is 3.57. The van der Waals surface area contributed by atoms with Crippen molar-refractivity contribution < 1.29 is 18.9 Å². The molecule has 0 aliphatic carbocycles. The van der Waals surface area contributed by atoms with Gasteiger partial charge in [-0.15, -0.1) is 0 Å². The van der Waals surface area contributed by atoms with Gasteiger partial charge in [0.15, 0.2) is 23.0 Å². The largest absolute Gasteiger partial charge is 0.493 e. The van der Waals surface area contributed by atoms with Gasteiger partial charge in [-0.25, -0.2) is 9.97 Å². The van der Waals surface area contributed by atoms with Gasteiger partial charge in [0.1, 0.15) is 6.33 Å². The fourth-order valence-corrected chi connectivity index (χ4v) is 3.57. The molecule has 6 heteroatoms. The van der Waals surface area contributed by atoms with E-state index in [0.717, 1.165) is 33.3 Å². The molecule has 0 spiro atoms. The van der Waals surface area contributed by atoms with Gasteiger partial charge in [0, 0.05) is 10.9 Å². The number of aromatic nitrogens is 2. The average Bonchev–Trinajstić information content (AvgIpc) is 2.83. The van der Waals surface area contributed by atoms with Gasteiger partial charge in [0.2, 0.25) is 0 Å². The van der Waals surface area contributed by atoms with Crippen LogP contribution in [0.4, 0.5) is 0 Å². The van der Waals surface area contributed by atoms with Crippen LogP contribution in [0, 0.1) is 0 Å². The van der Waals surface area contributed by atoms with E-state index in [4.69, 9.17) is 18.9 Å². The highest BCUT2D eigenvalue weighted by atomic mass is 16.5. The maximum Gasteiger partial charge on any atom is 0.161 e. The molecule has 0 fully saturated rings. The van der Waals surface area contributed by atoms with E-state index in [9.17, 15) is 0 Å². The predicted octanol–water partition coefficient (Wildman–Crippen LogP) is 5.39. The molecule has 0 bridgehead atoms. The van der Waals surface area contributed by atoms with E-state index < -0.39 is 0 Å². The molecule has 4 aromatic rings.